The van der Waals surface area contributed by atoms with Crippen molar-refractivity contribution in [3.8, 4) is 11.5 Å². The van der Waals surface area contributed by atoms with Crippen LogP contribution in [0, 0.1) is 5.82 Å². The van der Waals surface area contributed by atoms with Crippen LogP contribution in [-0.2, 0) is 4.79 Å². The van der Waals surface area contributed by atoms with Crippen LogP contribution >= 0.6 is 11.6 Å². The number of anilines is 2. The highest BCUT2D eigenvalue weighted by Crippen LogP contribution is 2.28. The third-order valence-electron chi connectivity index (χ3n) is 4.05. The van der Waals surface area contributed by atoms with Gasteiger partial charge in [0.25, 0.3) is 11.8 Å². The average Bonchev–Trinajstić information content (AvgIpc) is 2.74. The first-order chi connectivity index (χ1) is 14.5. The number of hydrogen-bond donors (Lipinski definition) is 2. The van der Waals surface area contributed by atoms with E-state index in [1.54, 1.807) is 48.5 Å². The van der Waals surface area contributed by atoms with Gasteiger partial charge in [0, 0.05) is 5.69 Å². The van der Waals surface area contributed by atoms with Gasteiger partial charge in [0.15, 0.2) is 6.61 Å². The van der Waals surface area contributed by atoms with Crippen LogP contribution in [0.2, 0.25) is 5.02 Å². The Morgan fingerprint density at radius 3 is 2.43 bits per heavy atom. The summed E-state index contributed by atoms with van der Waals surface area (Å²) in [6.45, 7) is -0.396. The lowest BCUT2D eigenvalue weighted by atomic mass is 10.2. The van der Waals surface area contributed by atoms with Gasteiger partial charge in [-0.1, -0.05) is 35.9 Å². The number of nitrogens with one attached hydrogen (secondary N) is 2. The minimum atomic E-state index is -0.558. The molecular formula is C22H18ClFN2O4. The maximum absolute atomic E-state index is 13.6. The summed E-state index contributed by atoms with van der Waals surface area (Å²) in [5, 5.41) is 5.49. The molecule has 0 heterocycles. The maximum atomic E-state index is 13.6. The van der Waals surface area contributed by atoms with E-state index in [0.717, 1.165) is 0 Å². The highest BCUT2D eigenvalue weighted by molar-refractivity contribution is 6.32. The number of benzene rings is 3. The summed E-state index contributed by atoms with van der Waals surface area (Å²) in [4.78, 5) is 24.7. The van der Waals surface area contributed by atoms with E-state index in [2.05, 4.69) is 10.6 Å². The van der Waals surface area contributed by atoms with Crippen LogP contribution in [0.4, 0.5) is 15.8 Å². The topological polar surface area (TPSA) is 76.7 Å². The molecule has 0 aliphatic heterocycles. The number of methoxy groups -OCH3 is 1. The number of carbonyl (C=O) groups excluding carboxylic acids is 2. The summed E-state index contributed by atoms with van der Waals surface area (Å²) in [6, 6.07) is 17.1. The van der Waals surface area contributed by atoms with E-state index in [1.807, 2.05) is 0 Å². The predicted octanol–water partition coefficient (Wildman–Crippen LogP) is 4.76. The molecule has 0 atom stereocenters. The minimum Gasteiger partial charge on any atom is -0.495 e. The van der Waals surface area contributed by atoms with E-state index in [-0.39, 0.29) is 17.0 Å². The van der Waals surface area contributed by atoms with Gasteiger partial charge >= 0.3 is 0 Å². The van der Waals surface area contributed by atoms with Crippen LogP contribution < -0.4 is 20.1 Å². The fourth-order valence-corrected chi connectivity index (χ4v) is 2.87. The van der Waals surface area contributed by atoms with Crippen molar-refractivity contribution in [3.63, 3.8) is 0 Å². The summed E-state index contributed by atoms with van der Waals surface area (Å²) in [6.07, 6.45) is 0. The predicted molar refractivity (Wildman–Crippen MR) is 113 cm³/mol. The summed E-state index contributed by atoms with van der Waals surface area (Å²) in [5.41, 5.74) is 0.745. The molecule has 0 aromatic heterocycles. The van der Waals surface area contributed by atoms with Crippen molar-refractivity contribution < 1.29 is 23.5 Å². The summed E-state index contributed by atoms with van der Waals surface area (Å²) in [7, 11) is 1.50. The summed E-state index contributed by atoms with van der Waals surface area (Å²) in [5.74, 6) is -0.861. The molecule has 8 heteroatoms. The molecule has 3 aromatic rings. The monoisotopic (exact) mass is 428 g/mol. The number of carbonyl (C=O) groups is 2. The first-order valence-corrected chi connectivity index (χ1v) is 9.27. The number of halogens is 2. The van der Waals surface area contributed by atoms with Crippen LogP contribution in [0.25, 0.3) is 0 Å². The smallest absolute Gasteiger partial charge is 0.262 e. The zero-order valence-corrected chi connectivity index (χ0v) is 16.7. The molecule has 3 aromatic carbocycles. The summed E-state index contributed by atoms with van der Waals surface area (Å²) >= 11 is 6.08. The molecule has 0 aliphatic carbocycles. The van der Waals surface area contributed by atoms with Crippen molar-refractivity contribution >= 4 is 34.8 Å². The lowest BCUT2D eigenvalue weighted by Gasteiger charge is -2.13. The number of amides is 2. The van der Waals surface area contributed by atoms with Gasteiger partial charge in [-0.15, -0.1) is 0 Å². The van der Waals surface area contributed by atoms with E-state index in [1.165, 1.54) is 25.3 Å². The Morgan fingerprint density at radius 2 is 1.70 bits per heavy atom. The van der Waals surface area contributed by atoms with E-state index >= 15 is 0 Å². The molecule has 0 radical (unpaired) electrons. The van der Waals surface area contributed by atoms with Crippen molar-refractivity contribution in [2.45, 2.75) is 0 Å². The Bertz CT molecular complexity index is 1070. The molecule has 154 valence electrons. The number of para-hydroxylation sites is 2. The Balaban J connectivity index is 1.66. The van der Waals surface area contributed by atoms with Gasteiger partial charge in [-0.3, -0.25) is 9.59 Å². The summed E-state index contributed by atoms with van der Waals surface area (Å²) < 4.78 is 24.2. The molecule has 0 aliphatic rings. The molecule has 0 saturated heterocycles. The fraction of sp³-hybridized carbons (Fsp3) is 0.0909. The molecule has 2 N–H and O–H groups in total. The zero-order valence-electron chi connectivity index (χ0n) is 15.9. The molecule has 3 rings (SSSR count). The second-order valence-electron chi connectivity index (χ2n) is 6.12. The third-order valence-corrected chi connectivity index (χ3v) is 4.34. The highest BCUT2D eigenvalue weighted by atomic mass is 35.5. The standard InChI is InChI=1S/C22H18ClFN2O4/c1-29-20-11-10-14(12-16(20)23)25-22(28)15-6-2-5-9-19(15)30-13-21(27)26-18-8-4-3-7-17(18)24/h2-12H,13H2,1H3,(H,25,28)(H,26,27). The number of hydrogen-bond acceptors (Lipinski definition) is 4. The van der Waals surface area contributed by atoms with Crippen molar-refractivity contribution in [2.75, 3.05) is 24.4 Å². The Morgan fingerprint density at radius 1 is 0.967 bits per heavy atom. The van der Waals surface area contributed by atoms with Crippen molar-refractivity contribution in [2.24, 2.45) is 0 Å². The highest BCUT2D eigenvalue weighted by Gasteiger charge is 2.15. The van der Waals surface area contributed by atoms with E-state index in [9.17, 15) is 14.0 Å². The van der Waals surface area contributed by atoms with Crippen LogP contribution in [-0.4, -0.2) is 25.5 Å². The first kappa shape index (κ1) is 21.1. The first-order valence-electron chi connectivity index (χ1n) is 8.89. The molecule has 0 unspecified atom stereocenters. The Kier molecular flexibility index (Phi) is 6.87. The molecular weight excluding hydrogens is 411 g/mol. The van der Waals surface area contributed by atoms with Crippen molar-refractivity contribution in [1.82, 2.24) is 0 Å². The quantitative estimate of drug-likeness (QED) is 0.569. The lowest BCUT2D eigenvalue weighted by Crippen LogP contribution is -2.22. The van der Waals surface area contributed by atoms with Crippen molar-refractivity contribution in [1.29, 1.82) is 0 Å². The minimum absolute atomic E-state index is 0.0495. The van der Waals surface area contributed by atoms with Crippen LogP contribution in [0.15, 0.2) is 66.7 Å². The van der Waals surface area contributed by atoms with Gasteiger partial charge in [-0.2, -0.15) is 0 Å². The second-order valence-corrected chi connectivity index (χ2v) is 6.52. The molecule has 6 nitrogen and oxygen atoms in total. The number of ether oxygens (including phenoxy) is 2. The maximum Gasteiger partial charge on any atom is 0.262 e. The average molecular weight is 429 g/mol. The van der Waals surface area contributed by atoms with Gasteiger partial charge in [0.2, 0.25) is 0 Å². The van der Waals surface area contributed by atoms with E-state index in [0.29, 0.717) is 16.5 Å². The van der Waals surface area contributed by atoms with Crippen molar-refractivity contribution in [3.05, 3.63) is 83.1 Å². The van der Waals surface area contributed by atoms with E-state index < -0.39 is 24.2 Å². The zero-order chi connectivity index (χ0) is 21.5. The second kappa shape index (κ2) is 9.76. The molecule has 0 fully saturated rings. The van der Waals surface area contributed by atoms with Crippen LogP contribution in [0.1, 0.15) is 10.4 Å². The molecule has 0 spiro atoms. The third kappa shape index (κ3) is 5.27. The number of rotatable bonds is 7. The van der Waals surface area contributed by atoms with Gasteiger partial charge in [0.1, 0.15) is 17.3 Å². The SMILES string of the molecule is COc1ccc(NC(=O)c2ccccc2OCC(=O)Nc2ccccc2F)cc1Cl. The van der Waals surface area contributed by atoms with E-state index in [4.69, 9.17) is 21.1 Å². The van der Waals surface area contributed by atoms with Gasteiger partial charge in [-0.05, 0) is 42.5 Å². The largest absolute Gasteiger partial charge is 0.495 e. The van der Waals surface area contributed by atoms with Gasteiger partial charge in [0.05, 0.1) is 23.4 Å². The lowest BCUT2D eigenvalue weighted by molar-refractivity contribution is -0.118. The van der Waals surface area contributed by atoms with Gasteiger partial charge < -0.3 is 20.1 Å². The Hall–Kier alpha value is -3.58. The molecule has 0 bridgehead atoms. The Labute approximate surface area is 177 Å². The van der Waals surface area contributed by atoms with Crippen LogP contribution in [0.3, 0.4) is 0 Å². The molecule has 2 amide bonds. The van der Waals surface area contributed by atoms with Gasteiger partial charge in [-0.25, -0.2) is 4.39 Å². The fourth-order valence-electron chi connectivity index (χ4n) is 2.61. The molecule has 30 heavy (non-hydrogen) atoms. The normalized spacial score (nSPS) is 10.2. The molecule has 0 saturated carbocycles. The van der Waals surface area contributed by atoms with Crippen LogP contribution in [0.5, 0.6) is 11.5 Å².